The highest BCUT2D eigenvalue weighted by Gasteiger charge is 2.20. The van der Waals surface area contributed by atoms with Gasteiger partial charge in [0.25, 0.3) is 5.91 Å². The number of ether oxygens (including phenoxy) is 1. The third kappa shape index (κ3) is 6.48. The molecule has 1 amide bonds. The molecule has 1 fully saturated rings. The number of hydrogen-bond donors (Lipinski definition) is 1. The quantitative estimate of drug-likeness (QED) is 0.271. The van der Waals surface area contributed by atoms with E-state index in [1.165, 1.54) is 69.3 Å². The van der Waals surface area contributed by atoms with E-state index in [1.807, 2.05) is 60.7 Å². The highest BCUT2D eigenvalue weighted by atomic mass is 16.5. The van der Waals surface area contributed by atoms with Gasteiger partial charge < -0.3 is 15.0 Å². The summed E-state index contributed by atoms with van der Waals surface area (Å²) in [6.07, 6.45) is 9.10. The maximum absolute atomic E-state index is 12.7. The predicted octanol–water partition coefficient (Wildman–Crippen LogP) is 7.05. The van der Waals surface area contributed by atoms with Crippen molar-refractivity contribution in [2.75, 3.05) is 25.0 Å². The van der Waals surface area contributed by atoms with Crippen LogP contribution in [0.5, 0.6) is 5.75 Å². The molecule has 3 aromatic carbocycles. The van der Waals surface area contributed by atoms with Crippen molar-refractivity contribution in [1.82, 2.24) is 9.88 Å². The predicted molar refractivity (Wildman–Crippen MR) is 157 cm³/mol. The first-order chi connectivity index (χ1) is 19.2. The summed E-state index contributed by atoms with van der Waals surface area (Å²) in [7, 11) is 0. The van der Waals surface area contributed by atoms with Gasteiger partial charge in [-0.2, -0.15) is 0 Å². The molecule has 0 bridgehead atoms. The molecule has 0 saturated carbocycles. The Bertz CT molecular complexity index is 1430. The van der Waals surface area contributed by atoms with E-state index in [4.69, 9.17) is 4.74 Å². The molecule has 5 heteroatoms. The van der Waals surface area contributed by atoms with E-state index in [9.17, 15) is 4.79 Å². The number of benzene rings is 3. The number of hydrogen-bond acceptors (Lipinski definition) is 4. The third-order valence-corrected chi connectivity index (χ3v) is 8.27. The number of anilines is 1. The maximum Gasteiger partial charge on any atom is 0.256 e. The van der Waals surface area contributed by atoms with E-state index in [0.29, 0.717) is 18.0 Å². The number of carbonyl (C=O) groups excluding carboxylic acids is 1. The molecule has 0 spiro atoms. The van der Waals surface area contributed by atoms with Crippen LogP contribution >= 0.6 is 0 Å². The smallest absolute Gasteiger partial charge is 0.256 e. The van der Waals surface area contributed by atoms with Crippen molar-refractivity contribution in [2.45, 2.75) is 51.6 Å². The molecule has 5 nitrogen and oxygen atoms in total. The second kappa shape index (κ2) is 12.0. The molecule has 1 aliphatic carbocycles. The van der Waals surface area contributed by atoms with Crippen molar-refractivity contribution >= 4 is 22.6 Å². The Kier molecular flexibility index (Phi) is 7.87. The molecule has 2 aliphatic rings. The second-order valence-corrected chi connectivity index (χ2v) is 11.1. The monoisotopic (exact) mass is 519 g/mol. The topological polar surface area (TPSA) is 54.5 Å². The number of piperidine rings is 1. The number of nitrogens with zero attached hydrogens (tertiary/aromatic N) is 2. The third-order valence-electron chi connectivity index (χ3n) is 8.27. The van der Waals surface area contributed by atoms with Crippen LogP contribution in [0.3, 0.4) is 0 Å². The maximum atomic E-state index is 12.7. The van der Waals surface area contributed by atoms with E-state index in [0.717, 1.165) is 34.6 Å². The van der Waals surface area contributed by atoms with Crippen molar-refractivity contribution in [3.05, 3.63) is 101 Å². The number of fused-ring (bicyclic) bond motifs is 2. The minimum absolute atomic E-state index is 0.172. The molecule has 4 aromatic rings. The highest BCUT2D eigenvalue weighted by molar-refractivity contribution is 6.04. The highest BCUT2D eigenvalue weighted by Crippen LogP contribution is 2.31. The second-order valence-electron chi connectivity index (χ2n) is 11.1. The van der Waals surface area contributed by atoms with E-state index in [1.54, 1.807) is 0 Å². The molecule has 1 unspecified atom stereocenters. The van der Waals surface area contributed by atoms with Crippen LogP contribution in [0.1, 0.15) is 59.2 Å². The molecular formula is C34H37N3O2. The molecule has 200 valence electrons. The van der Waals surface area contributed by atoms with Gasteiger partial charge >= 0.3 is 0 Å². The van der Waals surface area contributed by atoms with E-state index in [2.05, 4.69) is 33.4 Å². The lowest BCUT2D eigenvalue weighted by atomic mass is 9.82. The lowest BCUT2D eigenvalue weighted by molar-refractivity contribution is 0.102. The van der Waals surface area contributed by atoms with Gasteiger partial charge in [0.1, 0.15) is 18.2 Å². The van der Waals surface area contributed by atoms with Gasteiger partial charge in [-0.3, -0.25) is 4.79 Å². The van der Waals surface area contributed by atoms with Crippen LogP contribution in [0.15, 0.2) is 78.9 Å². The number of rotatable bonds is 8. The van der Waals surface area contributed by atoms with Crippen LogP contribution in [-0.4, -0.2) is 35.4 Å². The van der Waals surface area contributed by atoms with Crippen LogP contribution in [0.2, 0.25) is 0 Å². The SMILES string of the molecule is O=C(Nc1ccc2ccccc2n1)c1ccc(COc2ccc3c(c2)CCC(CCN2CCCCC2)C3)cc1. The summed E-state index contributed by atoms with van der Waals surface area (Å²) in [6, 6.07) is 25.9. The molecule has 1 aromatic heterocycles. The zero-order valence-corrected chi connectivity index (χ0v) is 22.6. The van der Waals surface area contributed by atoms with Gasteiger partial charge in [0.15, 0.2) is 0 Å². The van der Waals surface area contributed by atoms with Crippen molar-refractivity contribution < 1.29 is 9.53 Å². The number of aryl methyl sites for hydroxylation is 1. The molecule has 1 N–H and O–H groups in total. The van der Waals surface area contributed by atoms with Gasteiger partial charge in [-0.05, 0) is 123 Å². The van der Waals surface area contributed by atoms with Gasteiger partial charge in [-0.15, -0.1) is 0 Å². The molecule has 2 heterocycles. The minimum Gasteiger partial charge on any atom is -0.489 e. The van der Waals surface area contributed by atoms with Crippen LogP contribution in [-0.2, 0) is 19.4 Å². The number of pyridine rings is 1. The van der Waals surface area contributed by atoms with Crippen molar-refractivity contribution in [2.24, 2.45) is 5.92 Å². The Morgan fingerprint density at radius 2 is 1.77 bits per heavy atom. The summed E-state index contributed by atoms with van der Waals surface area (Å²) in [6.45, 7) is 4.33. The number of amides is 1. The molecule has 6 rings (SSSR count). The Morgan fingerprint density at radius 1 is 0.923 bits per heavy atom. The van der Waals surface area contributed by atoms with Gasteiger partial charge in [-0.25, -0.2) is 4.98 Å². The van der Waals surface area contributed by atoms with Crippen LogP contribution < -0.4 is 10.1 Å². The first-order valence-corrected chi connectivity index (χ1v) is 14.4. The summed E-state index contributed by atoms with van der Waals surface area (Å²) in [5.74, 6) is 2.10. The molecular weight excluding hydrogens is 482 g/mol. The largest absolute Gasteiger partial charge is 0.489 e. The summed E-state index contributed by atoms with van der Waals surface area (Å²) in [4.78, 5) is 19.9. The Hall–Kier alpha value is -3.70. The molecule has 0 radical (unpaired) electrons. The van der Waals surface area contributed by atoms with E-state index >= 15 is 0 Å². The van der Waals surface area contributed by atoms with Gasteiger partial charge in [0.05, 0.1) is 5.52 Å². The first kappa shape index (κ1) is 25.6. The number of para-hydroxylation sites is 1. The zero-order chi connectivity index (χ0) is 26.4. The summed E-state index contributed by atoms with van der Waals surface area (Å²) in [5, 5.41) is 3.95. The Balaban J connectivity index is 0.995. The van der Waals surface area contributed by atoms with Gasteiger partial charge in [0.2, 0.25) is 0 Å². The number of aromatic nitrogens is 1. The van der Waals surface area contributed by atoms with E-state index < -0.39 is 0 Å². The van der Waals surface area contributed by atoms with E-state index in [-0.39, 0.29) is 5.91 Å². The van der Waals surface area contributed by atoms with Crippen LogP contribution in [0.25, 0.3) is 10.9 Å². The number of likely N-dealkylation sites (tertiary alicyclic amines) is 1. The fraction of sp³-hybridized carbons (Fsp3) is 0.353. The Labute approximate surface area is 231 Å². The van der Waals surface area contributed by atoms with Gasteiger partial charge in [-0.1, -0.05) is 42.8 Å². The fourth-order valence-corrected chi connectivity index (χ4v) is 5.93. The summed E-state index contributed by atoms with van der Waals surface area (Å²) < 4.78 is 6.13. The van der Waals surface area contributed by atoms with Crippen molar-refractivity contribution in [1.29, 1.82) is 0 Å². The lowest BCUT2D eigenvalue weighted by Gasteiger charge is -2.30. The fourth-order valence-electron chi connectivity index (χ4n) is 5.93. The zero-order valence-electron chi connectivity index (χ0n) is 22.6. The minimum atomic E-state index is -0.172. The van der Waals surface area contributed by atoms with Gasteiger partial charge in [0, 0.05) is 10.9 Å². The molecule has 1 atom stereocenters. The standard InChI is InChI=1S/C34H37N3O2/c38-34(36-33-17-15-27-6-2-3-7-32(27)35-33)28-11-9-26(10-12-28)24-39-31-16-14-29-22-25(8-13-30(29)23-31)18-21-37-19-4-1-5-20-37/h2-3,6-7,9-12,14-17,23,25H,1,4-5,8,13,18-22,24H2,(H,35,36,38). The lowest BCUT2D eigenvalue weighted by Crippen LogP contribution is -2.32. The average Bonchev–Trinajstić information content (AvgIpc) is 2.99. The van der Waals surface area contributed by atoms with Crippen LogP contribution in [0, 0.1) is 5.92 Å². The number of carbonyl (C=O) groups is 1. The molecule has 1 aliphatic heterocycles. The number of nitrogens with one attached hydrogen (secondary N) is 1. The first-order valence-electron chi connectivity index (χ1n) is 14.4. The van der Waals surface area contributed by atoms with Crippen molar-refractivity contribution in [3.63, 3.8) is 0 Å². The average molecular weight is 520 g/mol. The normalized spacial score (nSPS) is 17.5. The molecule has 1 saturated heterocycles. The molecule has 39 heavy (non-hydrogen) atoms. The summed E-state index contributed by atoms with van der Waals surface area (Å²) in [5.41, 5.74) is 5.42. The Morgan fingerprint density at radius 3 is 2.64 bits per heavy atom. The van der Waals surface area contributed by atoms with Crippen molar-refractivity contribution in [3.8, 4) is 5.75 Å². The van der Waals surface area contributed by atoms with Crippen LogP contribution in [0.4, 0.5) is 5.82 Å². The summed E-state index contributed by atoms with van der Waals surface area (Å²) >= 11 is 0.